The van der Waals surface area contributed by atoms with Gasteiger partial charge in [-0.15, -0.1) is 0 Å². The number of hydrogen-bond donors (Lipinski definition) is 1. The van der Waals surface area contributed by atoms with Gasteiger partial charge < -0.3 is 10.3 Å². The molecule has 0 spiro atoms. The maximum absolute atomic E-state index is 11.3. The zero-order valence-corrected chi connectivity index (χ0v) is 10.7. The summed E-state index contributed by atoms with van der Waals surface area (Å²) in [7, 11) is -3.21. The van der Waals surface area contributed by atoms with Crippen LogP contribution < -0.4 is 5.73 Å². The van der Waals surface area contributed by atoms with Crippen molar-refractivity contribution in [2.24, 2.45) is 5.73 Å². The van der Waals surface area contributed by atoms with Crippen LogP contribution in [0, 0.1) is 0 Å². The molecule has 1 aromatic heterocycles. The van der Waals surface area contributed by atoms with Gasteiger partial charge in [0, 0.05) is 12.8 Å². The van der Waals surface area contributed by atoms with Crippen molar-refractivity contribution in [3.05, 3.63) is 11.7 Å². The first-order valence-electron chi connectivity index (χ1n) is 4.91. The van der Waals surface area contributed by atoms with Crippen LogP contribution in [0.25, 0.3) is 0 Å². The Morgan fingerprint density at radius 2 is 2.06 bits per heavy atom. The molecule has 1 heterocycles. The molecule has 7 heteroatoms. The number of aromatic nitrogens is 2. The molecule has 6 nitrogen and oxygen atoms in total. The van der Waals surface area contributed by atoms with Crippen LogP contribution in [0.5, 0.6) is 0 Å². The van der Waals surface area contributed by atoms with Crippen LogP contribution in [0.3, 0.4) is 0 Å². The van der Waals surface area contributed by atoms with Crippen molar-refractivity contribution in [1.82, 2.24) is 10.1 Å². The second kappa shape index (κ2) is 4.14. The predicted molar refractivity (Wildman–Crippen MR) is 59.6 cm³/mol. The lowest BCUT2D eigenvalue weighted by atomic mass is 9.94. The minimum atomic E-state index is -3.21. The fraction of sp³-hybridized carbons (Fsp3) is 0.778. The van der Waals surface area contributed by atoms with Gasteiger partial charge in [-0.25, -0.2) is 8.42 Å². The normalized spacial score (nSPS) is 15.1. The lowest BCUT2D eigenvalue weighted by Crippen LogP contribution is -2.28. The van der Waals surface area contributed by atoms with Crippen LogP contribution in [0.4, 0.5) is 0 Å². The van der Waals surface area contributed by atoms with Gasteiger partial charge in [0.15, 0.2) is 15.7 Å². The highest BCUT2D eigenvalue weighted by molar-refractivity contribution is 7.90. The molecule has 16 heavy (non-hydrogen) atoms. The lowest BCUT2D eigenvalue weighted by Gasteiger charge is -2.15. The van der Waals surface area contributed by atoms with E-state index >= 15 is 0 Å². The van der Waals surface area contributed by atoms with Crippen molar-refractivity contribution in [3.8, 4) is 0 Å². The fourth-order valence-electron chi connectivity index (χ4n) is 0.954. The lowest BCUT2D eigenvalue weighted by molar-refractivity contribution is 0.309. The van der Waals surface area contributed by atoms with E-state index in [0.29, 0.717) is 12.4 Å². The van der Waals surface area contributed by atoms with E-state index in [9.17, 15) is 8.42 Å². The Bertz CT molecular complexity index is 464. The molecule has 1 rings (SSSR count). The van der Waals surface area contributed by atoms with Crippen LogP contribution in [-0.4, -0.2) is 31.4 Å². The molecule has 0 aliphatic heterocycles. The first-order valence-corrected chi connectivity index (χ1v) is 6.87. The van der Waals surface area contributed by atoms with Gasteiger partial charge in [0.2, 0.25) is 5.89 Å². The summed E-state index contributed by atoms with van der Waals surface area (Å²) >= 11 is 0. The molecule has 0 saturated carbocycles. The van der Waals surface area contributed by atoms with Gasteiger partial charge in [-0.2, -0.15) is 4.98 Å². The molecular weight excluding hydrogens is 230 g/mol. The van der Waals surface area contributed by atoms with Crippen molar-refractivity contribution in [2.45, 2.75) is 31.4 Å². The third-order valence-electron chi connectivity index (χ3n) is 2.54. The van der Waals surface area contributed by atoms with Crippen LogP contribution in [-0.2, 0) is 15.3 Å². The molecule has 0 aliphatic carbocycles. The van der Waals surface area contributed by atoms with Gasteiger partial charge >= 0.3 is 0 Å². The molecule has 1 atom stereocenters. The molecule has 2 N–H and O–H groups in total. The second-order valence-electron chi connectivity index (χ2n) is 4.52. The molecule has 0 saturated heterocycles. The van der Waals surface area contributed by atoms with E-state index in [1.807, 2.05) is 13.8 Å². The first kappa shape index (κ1) is 13.1. The van der Waals surface area contributed by atoms with E-state index in [1.165, 1.54) is 6.92 Å². The summed E-state index contributed by atoms with van der Waals surface area (Å²) in [5.74, 6) is 0.541. The van der Waals surface area contributed by atoms with Gasteiger partial charge in [-0.3, -0.25) is 0 Å². The molecule has 1 aromatic rings. The van der Waals surface area contributed by atoms with E-state index in [4.69, 9.17) is 10.3 Å². The Hall–Kier alpha value is -0.950. The van der Waals surface area contributed by atoms with Crippen LogP contribution >= 0.6 is 0 Å². The smallest absolute Gasteiger partial charge is 0.233 e. The maximum Gasteiger partial charge on any atom is 0.233 e. The summed E-state index contributed by atoms with van der Waals surface area (Å²) in [5, 5.41) is 2.91. The van der Waals surface area contributed by atoms with Crippen LogP contribution in [0.1, 0.15) is 37.7 Å². The highest BCUT2D eigenvalue weighted by atomic mass is 32.2. The highest BCUT2D eigenvalue weighted by Gasteiger charge is 2.29. The van der Waals surface area contributed by atoms with E-state index in [1.54, 1.807) is 0 Å². The third-order valence-corrected chi connectivity index (χ3v) is 4.03. The SMILES string of the molecule is CC(c1noc(C(C)(C)CN)n1)S(C)(=O)=O. The molecule has 0 fully saturated rings. The minimum absolute atomic E-state index is 0.180. The summed E-state index contributed by atoms with van der Waals surface area (Å²) < 4.78 is 27.7. The summed E-state index contributed by atoms with van der Waals surface area (Å²) in [6.07, 6.45) is 1.14. The Morgan fingerprint density at radius 3 is 2.50 bits per heavy atom. The summed E-state index contributed by atoms with van der Waals surface area (Å²) in [6.45, 7) is 5.59. The van der Waals surface area contributed by atoms with E-state index < -0.39 is 20.5 Å². The number of hydrogen-bond acceptors (Lipinski definition) is 6. The van der Waals surface area contributed by atoms with Crippen LogP contribution in [0.15, 0.2) is 4.52 Å². The minimum Gasteiger partial charge on any atom is -0.339 e. The zero-order chi connectivity index (χ0) is 12.6. The predicted octanol–water partition coefficient (Wildman–Crippen LogP) is 0.412. The van der Waals surface area contributed by atoms with E-state index in [-0.39, 0.29) is 5.82 Å². The monoisotopic (exact) mass is 247 g/mol. The van der Waals surface area contributed by atoms with Crippen molar-refractivity contribution in [1.29, 1.82) is 0 Å². The molecular formula is C9H17N3O3S. The van der Waals surface area contributed by atoms with E-state index in [2.05, 4.69) is 10.1 Å². The average molecular weight is 247 g/mol. The standard InChI is InChI=1S/C9H17N3O3S/c1-6(16(4,13)14)7-11-8(15-12-7)9(2,3)5-10/h6H,5,10H2,1-4H3. The number of nitrogens with two attached hydrogens (primary N) is 1. The average Bonchev–Trinajstić information content (AvgIpc) is 2.64. The molecule has 0 radical (unpaired) electrons. The number of sulfone groups is 1. The van der Waals surface area contributed by atoms with Gasteiger partial charge in [0.05, 0.1) is 5.41 Å². The van der Waals surface area contributed by atoms with Crippen LogP contribution in [0.2, 0.25) is 0 Å². The van der Waals surface area contributed by atoms with Crippen molar-refractivity contribution in [2.75, 3.05) is 12.8 Å². The van der Waals surface area contributed by atoms with Crippen molar-refractivity contribution < 1.29 is 12.9 Å². The molecule has 0 aromatic carbocycles. The fourth-order valence-corrected chi connectivity index (χ4v) is 1.43. The van der Waals surface area contributed by atoms with Gasteiger partial charge in [0.25, 0.3) is 0 Å². The van der Waals surface area contributed by atoms with Crippen molar-refractivity contribution in [3.63, 3.8) is 0 Å². The first-order chi connectivity index (χ1) is 7.18. The molecule has 1 unspecified atom stereocenters. The van der Waals surface area contributed by atoms with Crippen molar-refractivity contribution >= 4 is 9.84 Å². The Balaban J connectivity index is 3.05. The third kappa shape index (κ3) is 2.59. The zero-order valence-electron chi connectivity index (χ0n) is 9.89. The number of rotatable bonds is 4. The summed E-state index contributed by atoms with van der Waals surface area (Å²) in [5.41, 5.74) is 5.12. The Morgan fingerprint density at radius 1 is 1.50 bits per heavy atom. The summed E-state index contributed by atoms with van der Waals surface area (Å²) in [4.78, 5) is 4.08. The summed E-state index contributed by atoms with van der Waals surface area (Å²) in [6, 6.07) is 0. The molecule has 92 valence electrons. The maximum atomic E-state index is 11.3. The van der Waals surface area contributed by atoms with Gasteiger partial charge in [0.1, 0.15) is 5.25 Å². The molecule has 0 aliphatic rings. The Kier molecular flexibility index (Phi) is 3.39. The number of nitrogens with zero attached hydrogens (tertiary/aromatic N) is 2. The largest absolute Gasteiger partial charge is 0.339 e. The Labute approximate surface area is 95.1 Å². The topological polar surface area (TPSA) is 99.1 Å². The van der Waals surface area contributed by atoms with Gasteiger partial charge in [-0.1, -0.05) is 5.16 Å². The molecule has 0 amide bonds. The molecule has 0 bridgehead atoms. The van der Waals surface area contributed by atoms with Gasteiger partial charge in [-0.05, 0) is 20.8 Å². The second-order valence-corrected chi connectivity index (χ2v) is 6.88. The quantitative estimate of drug-likeness (QED) is 0.827. The van der Waals surface area contributed by atoms with E-state index in [0.717, 1.165) is 6.26 Å². The highest BCUT2D eigenvalue weighted by Crippen LogP contribution is 2.23.